The molecular weight excluding hydrogens is 979 g/mol. The number of nitrogens with zero attached hydrogens (tertiary/aromatic N) is 3. The van der Waals surface area contributed by atoms with Gasteiger partial charge in [0.2, 0.25) is 0 Å². The summed E-state index contributed by atoms with van der Waals surface area (Å²) in [5, 5.41) is 2.77. The number of halogens is 12. The van der Waals surface area contributed by atoms with Gasteiger partial charge in [0.15, 0.2) is 0 Å². The van der Waals surface area contributed by atoms with E-state index in [9.17, 15) is 52.7 Å². The third kappa shape index (κ3) is 7.67. The topological polar surface area (TPSA) is 10.9 Å². The molecule has 0 saturated carbocycles. The predicted molar refractivity (Wildman–Crippen MR) is 267 cm³/mol. The fourth-order valence-electron chi connectivity index (χ4n) is 10.9. The highest BCUT2D eigenvalue weighted by Crippen LogP contribution is 2.60. The average molecular weight is 1020 g/mol. The minimum Gasteiger partial charge on any atom is -0.310 e. The first kappa shape index (κ1) is 48.6. The third-order valence-electron chi connectivity index (χ3n) is 14.2. The molecule has 0 amide bonds. The van der Waals surface area contributed by atoms with Gasteiger partial charge in [-0.3, -0.25) is 0 Å². The van der Waals surface area contributed by atoms with Crippen molar-refractivity contribution >= 4 is 72.1 Å². The van der Waals surface area contributed by atoms with E-state index in [0.29, 0.717) is 73.5 Å². The van der Waals surface area contributed by atoms with Crippen LogP contribution in [0, 0.1) is 0 Å². The molecule has 0 radical (unpaired) electrons. The van der Waals surface area contributed by atoms with Gasteiger partial charge >= 0.3 is 24.7 Å². The molecule has 1 aliphatic rings. The summed E-state index contributed by atoms with van der Waals surface area (Å²) in [6, 6.07) is 37.3. The van der Waals surface area contributed by atoms with Crippen LogP contribution in [0.25, 0.3) is 49.2 Å². The fourth-order valence-corrected chi connectivity index (χ4v) is 10.9. The Morgan fingerprint density at radius 1 is 0.405 bits per heavy atom. The molecular formula is C59H41F12N3. The minimum atomic E-state index is -5.17. The fraction of sp³-hybridized carbons (Fsp3) is 0.186. The molecule has 0 aliphatic heterocycles. The Morgan fingerprint density at radius 3 is 1.34 bits per heavy atom. The minimum absolute atomic E-state index is 0.0780. The summed E-state index contributed by atoms with van der Waals surface area (Å²) in [4.78, 5) is 2.75. The van der Waals surface area contributed by atoms with E-state index in [1.165, 1.54) is 9.80 Å². The van der Waals surface area contributed by atoms with E-state index in [1.807, 2.05) is 51.2 Å². The zero-order valence-electron chi connectivity index (χ0n) is 39.9. The Morgan fingerprint density at radius 2 is 0.865 bits per heavy atom. The largest absolute Gasteiger partial charge is 0.416 e. The maximum atomic E-state index is 14.7. The van der Waals surface area contributed by atoms with E-state index in [-0.39, 0.29) is 40.3 Å². The lowest BCUT2D eigenvalue weighted by atomic mass is 9.79. The Hall–Kier alpha value is -7.68. The molecule has 3 nitrogen and oxygen atoms in total. The van der Waals surface area contributed by atoms with Crippen molar-refractivity contribution in [2.24, 2.45) is 0 Å². The second kappa shape index (κ2) is 16.2. The van der Waals surface area contributed by atoms with E-state index in [0.717, 1.165) is 16.7 Å². The monoisotopic (exact) mass is 1020 g/mol. The first-order chi connectivity index (χ1) is 34.6. The second-order valence-electron chi connectivity index (χ2n) is 20.3. The van der Waals surface area contributed by atoms with Gasteiger partial charge < -0.3 is 14.2 Å². The van der Waals surface area contributed by atoms with Gasteiger partial charge in [-0.25, -0.2) is 0 Å². The molecule has 8 aromatic carbocycles. The number of hydrogen-bond acceptors (Lipinski definition) is 2. The summed E-state index contributed by atoms with van der Waals surface area (Å²) < 4.78 is 178. The van der Waals surface area contributed by atoms with Gasteiger partial charge in [0, 0.05) is 55.3 Å². The van der Waals surface area contributed by atoms with Gasteiger partial charge in [0.1, 0.15) is 0 Å². The lowest BCUT2D eigenvalue weighted by Gasteiger charge is -2.30. The highest BCUT2D eigenvalue weighted by Gasteiger charge is 2.45. The second-order valence-corrected chi connectivity index (χ2v) is 20.3. The van der Waals surface area contributed by atoms with Crippen molar-refractivity contribution < 1.29 is 52.7 Å². The maximum Gasteiger partial charge on any atom is 0.416 e. The van der Waals surface area contributed by atoms with Crippen molar-refractivity contribution in [3.05, 3.63) is 197 Å². The molecule has 2 heterocycles. The Bertz CT molecular complexity index is 3790. The molecule has 15 heteroatoms. The maximum absolute atomic E-state index is 14.7. The van der Waals surface area contributed by atoms with E-state index in [2.05, 4.69) is 6.07 Å². The van der Waals surface area contributed by atoms with Crippen molar-refractivity contribution in [1.82, 2.24) is 4.40 Å². The molecule has 0 fully saturated rings. The standard InChI is InChI=1S/C59H41F12N3/c1-54(2,3)32-20-22-45-44(30-32)53-51(55(45,4)5)50-46(72(37-14-8-6-9-15-37)39-26-33(56(60,61)62)24-34(27-39)57(63,64)65)23-21-43-49-42-19-13-12-18-41(42)47(31-48(49)74(53)52(43)50)73(38-16-10-7-11-17-38)40-28-35(58(66,67)68)25-36(29-40)59(69,70)71/h6-31H,1-5H3. The van der Waals surface area contributed by atoms with Crippen LogP contribution >= 0.6 is 0 Å². The Balaban J connectivity index is 1.33. The summed E-state index contributed by atoms with van der Waals surface area (Å²) in [5.74, 6) is 0. The number of hydrogen-bond donors (Lipinski definition) is 0. The summed E-state index contributed by atoms with van der Waals surface area (Å²) >= 11 is 0. The zero-order chi connectivity index (χ0) is 52.8. The van der Waals surface area contributed by atoms with Crippen molar-refractivity contribution in [2.45, 2.75) is 70.2 Å². The molecule has 0 bridgehead atoms. The van der Waals surface area contributed by atoms with Gasteiger partial charge in [-0.05, 0) is 106 Å². The Labute approximate surface area is 415 Å². The quantitative estimate of drug-likeness (QED) is 0.154. The SMILES string of the molecule is CC(C)(C)c1ccc2c(c1)-c1c(c3c(N(c4ccccc4)c4cc(C(F)(F)F)cc(C(F)(F)F)c4)ccc4c5c6ccccc6c(N(c6ccccc6)c6cc(C(F)(F)F)cc(C(F)(F)F)c6)cc5n1c34)C2(C)C. The molecule has 0 atom stereocenters. The number of rotatable bonds is 6. The van der Waals surface area contributed by atoms with Gasteiger partial charge in [0.25, 0.3) is 0 Å². The smallest absolute Gasteiger partial charge is 0.310 e. The third-order valence-corrected chi connectivity index (χ3v) is 14.2. The van der Waals surface area contributed by atoms with E-state index >= 15 is 0 Å². The van der Waals surface area contributed by atoms with Gasteiger partial charge in [-0.2, -0.15) is 52.7 Å². The Kier molecular flexibility index (Phi) is 10.6. The van der Waals surface area contributed by atoms with Gasteiger partial charge in [-0.1, -0.05) is 113 Å². The van der Waals surface area contributed by atoms with Gasteiger partial charge in [-0.15, -0.1) is 0 Å². The first-order valence-corrected chi connectivity index (χ1v) is 23.4. The molecule has 2 aromatic heterocycles. The summed E-state index contributed by atoms with van der Waals surface area (Å²) in [6.07, 6.45) is -20.7. The van der Waals surface area contributed by atoms with Crippen LogP contribution in [0.15, 0.2) is 158 Å². The van der Waals surface area contributed by atoms with Crippen molar-refractivity contribution in [3.63, 3.8) is 0 Å². The molecule has 0 N–H and O–H groups in total. The number of fused-ring (bicyclic) bond motifs is 10. The van der Waals surface area contributed by atoms with E-state index in [1.54, 1.807) is 103 Å². The van der Waals surface area contributed by atoms with Crippen LogP contribution in [0.2, 0.25) is 0 Å². The highest BCUT2D eigenvalue weighted by molar-refractivity contribution is 6.30. The molecule has 10 aromatic rings. The number of anilines is 6. The molecule has 11 rings (SSSR count). The molecule has 376 valence electrons. The molecule has 74 heavy (non-hydrogen) atoms. The van der Waals surface area contributed by atoms with Crippen LogP contribution in [-0.4, -0.2) is 4.40 Å². The molecule has 0 spiro atoms. The van der Waals surface area contributed by atoms with Crippen LogP contribution in [-0.2, 0) is 35.5 Å². The predicted octanol–water partition coefficient (Wildman–Crippen LogP) is 19.5. The number of para-hydroxylation sites is 2. The van der Waals surface area contributed by atoms with E-state index in [4.69, 9.17) is 0 Å². The average Bonchev–Trinajstić information content (AvgIpc) is 3.94. The van der Waals surface area contributed by atoms with Crippen LogP contribution in [0.3, 0.4) is 0 Å². The van der Waals surface area contributed by atoms with Crippen molar-refractivity contribution in [1.29, 1.82) is 0 Å². The number of aromatic nitrogens is 1. The van der Waals surface area contributed by atoms with Crippen LogP contribution in [0.5, 0.6) is 0 Å². The van der Waals surface area contributed by atoms with Crippen molar-refractivity contribution in [3.8, 4) is 11.3 Å². The molecule has 0 saturated heterocycles. The summed E-state index contributed by atoms with van der Waals surface area (Å²) in [5.41, 5.74) is -2.23. The molecule has 0 unspecified atom stereocenters. The zero-order valence-corrected chi connectivity index (χ0v) is 39.9. The van der Waals surface area contributed by atoms with Crippen LogP contribution in [0.1, 0.15) is 73.6 Å². The summed E-state index contributed by atoms with van der Waals surface area (Å²) in [7, 11) is 0. The first-order valence-electron chi connectivity index (χ1n) is 23.4. The normalized spacial score (nSPS) is 14.1. The van der Waals surface area contributed by atoms with Crippen molar-refractivity contribution in [2.75, 3.05) is 9.80 Å². The molecule has 1 aliphatic carbocycles. The number of benzene rings is 8. The number of alkyl halides is 12. The lowest BCUT2D eigenvalue weighted by molar-refractivity contribution is -0.144. The van der Waals surface area contributed by atoms with Gasteiger partial charge in [0.05, 0.1) is 50.4 Å². The van der Waals surface area contributed by atoms with Crippen LogP contribution in [0.4, 0.5) is 86.8 Å². The highest BCUT2D eigenvalue weighted by atomic mass is 19.4. The van der Waals surface area contributed by atoms with Crippen LogP contribution < -0.4 is 9.80 Å². The lowest BCUT2D eigenvalue weighted by Crippen LogP contribution is -2.18. The summed E-state index contributed by atoms with van der Waals surface area (Å²) in [6.45, 7) is 10.1. The van der Waals surface area contributed by atoms with E-state index < -0.39 is 63.7 Å².